The summed E-state index contributed by atoms with van der Waals surface area (Å²) in [5.74, 6) is 1.44. The number of aromatic nitrogens is 2. The molecule has 2 rings (SSSR count). The fraction of sp³-hybridized carbons (Fsp3) is 0.111. The Labute approximate surface area is 90.4 Å². The molecule has 0 saturated carbocycles. The molecule has 72 valence electrons. The van der Waals surface area contributed by atoms with E-state index in [-0.39, 0.29) is 0 Å². The Bertz CT molecular complexity index is 383. The minimum Gasteiger partial charge on any atom is -0.384 e. The van der Waals surface area contributed by atoms with Gasteiger partial charge in [0.25, 0.3) is 0 Å². The molecule has 14 heavy (non-hydrogen) atoms. The van der Waals surface area contributed by atoms with Crippen molar-refractivity contribution in [3.63, 3.8) is 0 Å². The van der Waals surface area contributed by atoms with Gasteiger partial charge >= 0.3 is 0 Å². The summed E-state index contributed by atoms with van der Waals surface area (Å²) in [6.07, 6.45) is 1.78. The van der Waals surface area contributed by atoms with Crippen molar-refractivity contribution in [3.05, 3.63) is 34.9 Å². The van der Waals surface area contributed by atoms with Gasteiger partial charge in [-0.15, -0.1) is 23.1 Å². The smallest absolute Gasteiger partial charge is 0.123 e. The van der Waals surface area contributed by atoms with Gasteiger partial charge in [-0.25, -0.2) is 9.97 Å². The molecular weight excluding hydrogens is 214 g/mol. The first-order valence-electron chi connectivity index (χ1n) is 4.06. The molecule has 0 atom stereocenters. The van der Waals surface area contributed by atoms with Crippen molar-refractivity contribution >= 4 is 28.9 Å². The van der Waals surface area contributed by atoms with E-state index in [1.807, 2.05) is 17.6 Å². The van der Waals surface area contributed by atoms with Gasteiger partial charge in [-0.3, -0.25) is 0 Å². The van der Waals surface area contributed by atoms with Gasteiger partial charge in [-0.05, 0) is 12.1 Å². The van der Waals surface area contributed by atoms with E-state index in [9.17, 15) is 0 Å². The second-order valence-corrected chi connectivity index (χ2v) is 4.45. The normalized spacial score (nSPS) is 10.3. The van der Waals surface area contributed by atoms with Crippen molar-refractivity contribution in [2.45, 2.75) is 10.6 Å². The molecule has 2 N–H and O–H groups in total. The molecule has 2 aromatic rings. The van der Waals surface area contributed by atoms with Crippen LogP contribution in [-0.2, 0) is 5.75 Å². The lowest BCUT2D eigenvalue weighted by Crippen LogP contribution is -1.88. The molecule has 2 aromatic heterocycles. The molecule has 0 saturated heterocycles. The van der Waals surface area contributed by atoms with Gasteiger partial charge in [0, 0.05) is 22.2 Å². The monoisotopic (exact) mass is 223 g/mol. The second kappa shape index (κ2) is 4.43. The van der Waals surface area contributed by atoms with E-state index in [0.29, 0.717) is 5.82 Å². The summed E-state index contributed by atoms with van der Waals surface area (Å²) in [6, 6.07) is 3.78. The fourth-order valence-electron chi connectivity index (χ4n) is 0.943. The molecule has 3 nitrogen and oxygen atoms in total. The minimum absolute atomic E-state index is 0.558. The maximum absolute atomic E-state index is 5.49. The lowest BCUT2D eigenvalue weighted by Gasteiger charge is -1.98. The number of thioether (sulfide) groups is 1. The van der Waals surface area contributed by atoms with Crippen molar-refractivity contribution in [2.24, 2.45) is 0 Å². The number of nitrogens with two attached hydrogens (primary N) is 1. The van der Waals surface area contributed by atoms with E-state index in [2.05, 4.69) is 15.3 Å². The van der Waals surface area contributed by atoms with E-state index >= 15 is 0 Å². The highest BCUT2D eigenvalue weighted by Crippen LogP contribution is 2.21. The number of hydrogen-bond acceptors (Lipinski definition) is 5. The third kappa shape index (κ3) is 2.46. The number of pyridine rings is 1. The van der Waals surface area contributed by atoms with Crippen LogP contribution >= 0.6 is 23.1 Å². The Hall–Kier alpha value is -1.07. The van der Waals surface area contributed by atoms with Crippen LogP contribution in [0.15, 0.2) is 34.1 Å². The average Bonchev–Trinajstić information content (AvgIpc) is 2.70. The molecule has 0 spiro atoms. The second-order valence-electron chi connectivity index (χ2n) is 2.69. The maximum atomic E-state index is 5.49. The molecular formula is C9H9N3S2. The van der Waals surface area contributed by atoms with E-state index < -0.39 is 0 Å². The molecule has 0 aliphatic heterocycles. The Morgan fingerprint density at radius 1 is 1.36 bits per heavy atom. The van der Waals surface area contributed by atoms with Gasteiger partial charge in [0.15, 0.2) is 0 Å². The van der Waals surface area contributed by atoms with Crippen LogP contribution in [0.25, 0.3) is 0 Å². The van der Waals surface area contributed by atoms with Gasteiger partial charge < -0.3 is 5.73 Å². The quantitative estimate of drug-likeness (QED) is 0.812. The van der Waals surface area contributed by atoms with E-state index in [0.717, 1.165) is 16.3 Å². The molecule has 0 bridgehead atoms. The fourth-order valence-corrected chi connectivity index (χ4v) is 2.37. The topological polar surface area (TPSA) is 51.8 Å². The van der Waals surface area contributed by atoms with Gasteiger partial charge in [-0.1, -0.05) is 0 Å². The third-order valence-corrected chi connectivity index (χ3v) is 3.28. The number of thiazole rings is 1. The molecule has 0 fully saturated rings. The lowest BCUT2D eigenvalue weighted by molar-refractivity contribution is 1.21. The van der Waals surface area contributed by atoms with Crippen molar-refractivity contribution in [1.29, 1.82) is 0 Å². The molecule has 5 heteroatoms. The Kier molecular flexibility index (Phi) is 3.00. The summed E-state index contributed by atoms with van der Waals surface area (Å²) in [7, 11) is 0. The lowest BCUT2D eigenvalue weighted by atomic mass is 10.5. The highest BCUT2D eigenvalue weighted by atomic mass is 32.2. The molecule has 0 unspecified atom stereocenters. The van der Waals surface area contributed by atoms with Crippen molar-refractivity contribution in [2.75, 3.05) is 5.73 Å². The van der Waals surface area contributed by atoms with Gasteiger partial charge in [-0.2, -0.15) is 0 Å². The van der Waals surface area contributed by atoms with E-state index in [4.69, 9.17) is 5.73 Å². The van der Waals surface area contributed by atoms with Gasteiger partial charge in [0.05, 0.1) is 11.2 Å². The predicted octanol–water partition coefficient (Wildman–Crippen LogP) is 2.41. The summed E-state index contributed by atoms with van der Waals surface area (Å²) in [4.78, 5) is 9.34. The van der Waals surface area contributed by atoms with Crippen LogP contribution in [0.4, 0.5) is 5.82 Å². The standard InChI is InChI=1S/C9H9N3S2/c10-9-2-1-8(3-11-9)14-5-7-4-13-6-12-7/h1-4,6H,5H2,(H2,10,11). The third-order valence-electron chi connectivity index (χ3n) is 1.63. The molecule has 0 amide bonds. The van der Waals surface area contributed by atoms with Crippen molar-refractivity contribution in [1.82, 2.24) is 9.97 Å². The summed E-state index contributed by atoms with van der Waals surface area (Å²) in [5, 5.41) is 2.05. The van der Waals surface area contributed by atoms with Crippen LogP contribution in [0.5, 0.6) is 0 Å². The number of rotatable bonds is 3. The number of anilines is 1. The first kappa shape index (κ1) is 9.48. The van der Waals surface area contributed by atoms with Crippen molar-refractivity contribution in [3.8, 4) is 0 Å². The number of hydrogen-bond donors (Lipinski definition) is 1. The Balaban J connectivity index is 1.95. The average molecular weight is 223 g/mol. The Morgan fingerprint density at radius 3 is 2.93 bits per heavy atom. The van der Waals surface area contributed by atoms with Crippen LogP contribution in [0.3, 0.4) is 0 Å². The maximum Gasteiger partial charge on any atom is 0.123 e. The minimum atomic E-state index is 0.558. The van der Waals surface area contributed by atoms with Gasteiger partial charge in [0.1, 0.15) is 5.82 Å². The highest BCUT2D eigenvalue weighted by molar-refractivity contribution is 7.98. The Morgan fingerprint density at radius 2 is 2.29 bits per heavy atom. The van der Waals surface area contributed by atoms with Crippen molar-refractivity contribution < 1.29 is 0 Å². The zero-order valence-corrected chi connectivity index (χ0v) is 9.02. The number of nitrogens with zero attached hydrogens (tertiary/aromatic N) is 2. The van der Waals surface area contributed by atoms with Crippen LogP contribution in [-0.4, -0.2) is 9.97 Å². The van der Waals surface area contributed by atoms with Crippen LogP contribution in [0.2, 0.25) is 0 Å². The van der Waals surface area contributed by atoms with E-state index in [1.54, 1.807) is 29.3 Å². The first-order chi connectivity index (χ1) is 6.84. The zero-order valence-electron chi connectivity index (χ0n) is 7.38. The summed E-state index contributed by atoms with van der Waals surface area (Å²) in [6.45, 7) is 0. The van der Waals surface area contributed by atoms with Crippen LogP contribution < -0.4 is 5.73 Å². The summed E-state index contributed by atoms with van der Waals surface area (Å²) >= 11 is 3.33. The predicted molar refractivity (Wildman–Crippen MR) is 60.3 cm³/mol. The molecule has 0 aromatic carbocycles. The number of nitrogen functional groups attached to an aromatic ring is 1. The van der Waals surface area contributed by atoms with E-state index in [1.165, 1.54) is 0 Å². The zero-order chi connectivity index (χ0) is 9.80. The molecule has 0 radical (unpaired) electrons. The summed E-state index contributed by atoms with van der Waals surface area (Å²) < 4.78 is 0. The molecule has 0 aliphatic rings. The van der Waals surface area contributed by atoms with Gasteiger partial charge in [0.2, 0.25) is 0 Å². The summed E-state index contributed by atoms with van der Waals surface area (Å²) in [5.41, 5.74) is 8.44. The first-order valence-corrected chi connectivity index (χ1v) is 5.99. The van der Waals surface area contributed by atoms with Crippen LogP contribution in [0, 0.1) is 0 Å². The highest BCUT2D eigenvalue weighted by Gasteiger charge is 1.97. The largest absolute Gasteiger partial charge is 0.384 e. The SMILES string of the molecule is Nc1ccc(SCc2cscn2)cn1. The van der Waals surface area contributed by atoms with Crippen LogP contribution in [0.1, 0.15) is 5.69 Å². The molecule has 0 aliphatic carbocycles. The molecule has 2 heterocycles.